The Morgan fingerprint density at radius 3 is 2.35 bits per heavy atom. The van der Waals surface area contributed by atoms with Gasteiger partial charge in [0.1, 0.15) is 11.5 Å². The summed E-state index contributed by atoms with van der Waals surface area (Å²) in [6.07, 6.45) is 7.25. The molecule has 0 spiro atoms. The predicted octanol–water partition coefficient (Wildman–Crippen LogP) is 1.65. The van der Waals surface area contributed by atoms with Crippen molar-refractivity contribution >= 4 is 11.8 Å². The number of hydrogen-bond donors (Lipinski definition) is 0. The molecule has 124 valence electrons. The van der Waals surface area contributed by atoms with Crippen LogP contribution in [0.1, 0.15) is 48.4 Å². The SMILES string of the molecule is Cc1nccc(C(=O)N2CCN(C(=O)C3CCCCC3)CC2)n1. The zero-order valence-corrected chi connectivity index (χ0v) is 13.7. The Labute approximate surface area is 136 Å². The van der Waals surface area contributed by atoms with Gasteiger partial charge in [0.05, 0.1) is 0 Å². The summed E-state index contributed by atoms with van der Waals surface area (Å²) >= 11 is 0. The average molecular weight is 316 g/mol. The van der Waals surface area contributed by atoms with Crippen LogP contribution in [-0.4, -0.2) is 57.8 Å². The van der Waals surface area contributed by atoms with E-state index in [0.29, 0.717) is 37.7 Å². The fourth-order valence-corrected chi connectivity index (χ4v) is 3.47. The van der Waals surface area contributed by atoms with Gasteiger partial charge in [0.15, 0.2) is 0 Å². The minimum Gasteiger partial charge on any atom is -0.339 e. The van der Waals surface area contributed by atoms with Crippen molar-refractivity contribution < 1.29 is 9.59 Å². The third kappa shape index (κ3) is 3.68. The number of amides is 2. The van der Waals surface area contributed by atoms with Crippen molar-refractivity contribution in [3.63, 3.8) is 0 Å². The Morgan fingerprint density at radius 1 is 1.04 bits per heavy atom. The fraction of sp³-hybridized carbons (Fsp3) is 0.647. The van der Waals surface area contributed by atoms with Crippen molar-refractivity contribution in [1.82, 2.24) is 19.8 Å². The predicted molar refractivity (Wildman–Crippen MR) is 85.8 cm³/mol. The average Bonchev–Trinajstić information content (AvgIpc) is 2.61. The lowest BCUT2D eigenvalue weighted by Crippen LogP contribution is -2.52. The quantitative estimate of drug-likeness (QED) is 0.832. The van der Waals surface area contributed by atoms with E-state index >= 15 is 0 Å². The molecule has 0 bridgehead atoms. The number of carbonyl (C=O) groups is 2. The number of aromatic nitrogens is 2. The van der Waals surface area contributed by atoms with Gasteiger partial charge < -0.3 is 9.80 Å². The van der Waals surface area contributed by atoms with E-state index in [4.69, 9.17) is 0 Å². The van der Waals surface area contributed by atoms with Crippen LogP contribution >= 0.6 is 0 Å². The van der Waals surface area contributed by atoms with E-state index < -0.39 is 0 Å². The van der Waals surface area contributed by atoms with E-state index in [1.54, 1.807) is 24.1 Å². The lowest BCUT2D eigenvalue weighted by Gasteiger charge is -2.37. The highest BCUT2D eigenvalue weighted by Gasteiger charge is 2.30. The summed E-state index contributed by atoms with van der Waals surface area (Å²) in [5.41, 5.74) is 0.435. The molecular weight excluding hydrogens is 292 g/mol. The van der Waals surface area contributed by atoms with Crippen LogP contribution in [0.3, 0.4) is 0 Å². The monoisotopic (exact) mass is 316 g/mol. The molecule has 1 aliphatic heterocycles. The molecule has 23 heavy (non-hydrogen) atoms. The van der Waals surface area contributed by atoms with Crippen molar-refractivity contribution in [3.8, 4) is 0 Å². The molecule has 0 radical (unpaired) electrons. The number of piperazine rings is 1. The van der Waals surface area contributed by atoms with Crippen molar-refractivity contribution in [2.24, 2.45) is 5.92 Å². The Kier molecular flexibility index (Phi) is 4.88. The van der Waals surface area contributed by atoms with Gasteiger partial charge >= 0.3 is 0 Å². The van der Waals surface area contributed by atoms with Crippen LogP contribution < -0.4 is 0 Å². The molecule has 1 aromatic rings. The standard InChI is InChI=1S/C17H24N4O2/c1-13-18-8-7-15(19-13)17(23)21-11-9-20(10-12-21)16(22)14-5-3-2-4-6-14/h7-8,14H,2-6,9-12H2,1H3. The summed E-state index contributed by atoms with van der Waals surface area (Å²) in [6.45, 7) is 4.20. The summed E-state index contributed by atoms with van der Waals surface area (Å²) in [6, 6.07) is 1.65. The zero-order chi connectivity index (χ0) is 16.2. The van der Waals surface area contributed by atoms with Gasteiger partial charge in [-0.2, -0.15) is 0 Å². The summed E-state index contributed by atoms with van der Waals surface area (Å²) in [5.74, 6) is 1.02. The van der Waals surface area contributed by atoms with Gasteiger partial charge in [-0.25, -0.2) is 9.97 Å². The first-order valence-electron chi connectivity index (χ1n) is 8.53. The third-order valence-corrected chi connectivity index (χ3v) is 4.83. The molecule has 2 amide bonds. The van der Waals surface area contributed by atoms with Crippen LogP contribution in [0.25, 0.3) is 0 Å². The molecule has 1 saturated carbocycles. The minimum absolute atomic E-state index is 0.0692. The third-order valence-electron chi connectivity index (χ3n) is 4.83. The number of nitrogens with zero attached hydrogens (tertiary/aromatic N) is 4. The second-order valence-electron chi connectivity index (χ2n) is 6.44. The smallest absolute Gasteiger partial charge is 0.272 e. The largest absolute Gasteiger partial charge is 0.339 e. The van der Waals surface area contributed by atoms with Gasteiger partial charge in [-0.1, -0.05) is 19.3 Å². The van der Waals surface area contributed by atoms with Crippen molar-refractivity contribution in [3.05, 3.63) is 23.8 Å². The first kappa shape index (κ1) is 15.9. The minimum atomic E-state index is -0.0692. The summed E-state index contributed by atoms with van der Waals surface area (Å²) in [5, 5.41) is 0. The molecule has 6 nitrogen and oxygen atoms in total. The number of rotatable bonds is 2. The molecule has 0 aromatic carbocycles. The molecule has 6 heteroatoms. The maximum atomic E-state index is 12.5. The number of hydrogen-bond acceptors (Lipinski definition) is 4. The normalized spacial score (nSPS) is 19.7. The van der Waals surface area contributed by atoms with E-state index in [9.17, 15) is 9.59 Å². The first-order valence-corrected chi connectivity index (χ1v) is 8.53. The molecule has 2 fully saturated rings. The van der Waals surface area contributed by atoms with Crippen molar-refractivity contribution in [1.29, 1.82) is 0 Å². The van der Waals surface area contributed by atoms with Gasteiger partial charge in [0.2, 0.25) is 5.91 Å². The van der Waals surface area contributed by atoms with Crippen LogP contribution in [0, 0.1) is 12.8 Å². The molecule has 0 unspecified atom stereocenters. The van der Waals surface area contributed by atoms with E-state index in [0.717, 1.165) is 12.8 Å². The second kappa shape index (κ2) is 7.06. The fourth-order valence-electron chi connectivity index (χ4n) is 3.47. The highest BCUT2D eigenvalue weighted by Crippen LogP contribution is 2.25. The lowest BCUT2D eigenvalue weighted by molar-refractivity contribution is -0.138. The highest BCUT2D eigenvalue weighted by molar-refractivity contribution is 5.92. The zero-order valence-electron chi connectivity index (χ0n) is 13.7. The maximum absolute atomic E-state index is 12.5. The summed E-state index contributed by atoms with van der Waals surface area (Å²) in [7, 11) is 0. The molecule has 1 aromatic heterocycles. The number of carbonyl (C=O) groups excluding carboxylic acids is 2. The van der Waals surface area contributed by atoms with Crippen LogP contribution in [0.5, 0.6) is 0 Å². The molecule has 3 rings (SSSR count). The van der Waals surface area contributed by atoms with Crippen molar-refractivity contribution in [2.45, 2.75) is 39.0 Å². The number of aryl methyl sites for hydroxylation is 1. The molecule has 2 heterocycles. The van der Waals surface area contributed by atoms with E-state index in [1.165, 1.54) is 19.3 Å². The van der Waals surface area contributed by atoms with E-state index in [2.05, 4.69) is 9.97 Å². The van der Waals surface area contributed by atoms with Gasteiger partial charge in [-0.15, -0.1) is 0 Å². The summed E-state index contributed by atoms with van der Waals surface area (Å²) in [4.78, 5) is 36.9. The van der Waals surface area contributed by atoms with E-state index in [-0.39, 0.29) is 17.7 Å². The van der Waals surface area contributed by atoms with Gasteiger partial charge in [0.25, 0.3) is 5.91 Å². The van der Waals surface area contributed by atoms with Crippen LogP contribution in [0.2, 0.25) is 0 Å². The van der Waals surface area contributed by atoms with Gasteiger partial charge in [-0.05, 0) is 25.8 Å². The van der Waals surface area contributed by atoms with Gasteiger partial charge in [0, 0.05) is 38.3 Å². The molecule has 2 aliphatic rings. The Balaban J connectivity index is 1.55. The topological polar surface area (TPSA) is 66.4 Å². The van der Waals surface area contributed by atoms with Crippen LogP contribution in [-0.2, 0) is 4.79 Å². The van der Waals surface area contributed by atoms with Crippen molar-refractivity contribution in [2.75, 3.05) is 26.2 Å². The molecule has 0 atom stereocenters. The Morgan fingerprint density at radius 2 is 1.70 bits per heavy atom. The van der Waals surface area contributed by atoms with Gasteiger partial charge in [-0.3, -0.25) is 9.59 Å². The maximum Gasteiger partial charge on any atom is 0.272 e. The van der Waals surface area contributed by atoms with Crippen LogP contribution in [0.4, 0.5) is 0 Å². The Bertz CT molecular complexity index is 576. The first-order chi connectivity index (χ1) is 11.1. The lowest BCUT2D eigenvalue weighted by atomic mass is 9.88. The summed E-state index contributed by atoms with van der Waals surface area (Å²) < 4.78 is 0. The molecular formula is C17H24N4O2. The molecule has 0 N–H and O–H groups in total. The van der Waals surface area contributed by atoms with E-state index in [1.807, 2.05) is 4.90 Å². The second-order valence-corrected chi connectivity index (χ2v) is 6.44. The highest BCUT2D eigenvalue weighted by atomic mass is 16.2. The molecule has 1 saturated heterocycles. The Hall–Kier alpha value is -1.98. The molecule has 1 aliphatic carbocycles. The van der Waals surface area contributed by atoms with Crippen LogP contribution in [0.15, 0.2) is 12.3 Å².